The van der Waals surface area contributed by atoms with Gasteiger partial charge in [-0.2, -0.15) is 0 Å². The summed E-state index contributed by atoms with van der Waals surface area (Å²) < 4.78 is 24.4. The van der Waals surface area contributed by atoms with E-state index in [1.54, 1.807) is 30.3 Å². The first-order valence-electron chi connectivity index (χ1n) is 6.95. The average Bonchev–Trinajstić information content (AvgIpc) is 2.56. The van der Waals surface area contributed by atoms with Crippen LogP contribution in [0.4, 0.5) is 0 Å². The average molecular weight is 327 g/mol. The predicted octanol–water partition coefficient (Wildman–Crippen LogP) is 3.01. The van der Waals surface area contributed by atoms with Crippen LogP contribution in [0.2, 0.25) is 0 Å². The number of sulfone groups is 1. The molecule has 2 aromatic carbocycles. The first kappa shape index (κ1) is 16.7. The van der Waals surface area contributed by atoms with Crippen molar-refractivity contribution in [1.82, 2.24) is 0 Å². The van der Waals surface area contributed by atoms with Crippen molar-refractivity contribution in [3.8, 4) is 0 Å². The van der Waals surface area contributed by atoms with Gasteiger partial charge in [0.2, 0.25) is 0 Å². The van der Waals surface area contributed by atoms with Crippen molar-refractivity contribution in [2.24, 2.45) is 5.73 Å². The number of benzene rings is 2. The molecule has 0 aromatic heterocycles. The van der Waals surface area contributed by atoms with E-state index >= 15 is 0 Å². The Balaban J connectivity index is 2.26. The lowest BCUT2D eigenvalue weighted by atomic mass is 10.0. The Bertz CT molecular complexity index is 849. The molecule has 118 valence electrons. The molecule has 0 bridgehead atoms. The Morgan fingerprint density at radius 1 is 1.00 bits per heavy atom. The number of rotatable bonds is 5. The largest absolute Gasteiger partial charge is 0.404 e. The second kappa shape index (κ2) is 7.07. The second-order valence-electron chi connectivity index (χ2n) is 4.98. The van der Waals surface area contributed by atoms with Gasteiger partial charge in [-0.15, -0.1) is 0 Å². The predicted molar refractivity (Wildman–Crippen MR) is 90.5 cm³/mol. The highest BCUT2D eigenvalue weighted by Gasteiger charge is 2.13. The van der Waals surface area contributed by atoms with Gasteiger partial charge in [-0.1, -0.05) is 48.0 Å². The molecule has 5 heteroatoms. The Morgan fingerprint density at radius 2 is 1.61 bits per heavy atom. The maximum Gasteiger partial charge on any atom is 0.199 e. The third kappa shape index (κ3) is 4.17. The molecule has 0 aliphatic heterocycles. The van der Waals surface area contributed by atoms with Crippen LogP contribution in [0.1, 0.15) is 15.9 Å². The summed E-state index contributed by atoms with van der Waals surface area (Å²) in [7, 11) is -3.62. The monoisotopic (exact) mass is 327 g/mol. The van der Waals surface area contributed by atoms with Gasteiger partial charge in [0.05, 0.1) is 4.90 Å². The topological polar surface area (TPSA) is 77.2 Å². The molecule has 0 spiro atoms. The highest BCUT2D eigenvalue weighted by atomic mass is 32.2. The summed E-state index contributed by atoms with van der Waals surface area (Å²) in [5, 5.41) is 0.993. The number of hydrogen-bond acceptors (Lipinski definition) is 4. The van der Waals surface area contributed by atoms with Crippen LogP contribution in [0.15, 0.2) is 82.7 Å². The van der Waals surface area contributed by atoms with Crippen LogP contribution in [0, 0.1) is 6.92 Å². The highest BCUT2D eigenvalue weighted by Crippen LogP contribution is 2.15. The smallest absolute Gasteiger partial charge is 0.199 e. The first-order chi connectivity index (χ1) is 10.9. The summed E-state index contributed by atoms with van der Waals surface area (Å²) >= 11 is 0. The fourth-order valence-electron chi connectivity index (χ4n) is 1.93. The summed E-state index contributed by atoms with van der Waals surface area (Å²) in [4.78, 5) is 12.5. The number of hydrogen-bond donors (Lipinski definition) is 1. The molecule has 2 N–H and O–H groups in total. The number of allylic oxidation sites excluding steroid dienone is 2. The van der Waals surface area contributed by atoms with Gasteiger partial charge in [0.1, 0.15) is 0 Å². The van der Waals surface area contributed by atoms with Crippen molar-refractivity contribution in [2.75, 3.05) is 0 Å². The maximum absolute atomic E-state index is 12.3. The number of carbonyl (C=O) groups excluding carboxylic acids is 1. The minimum absolute atomic E-state index is 0.119. The molecular formula is C18H17NO3S. The van der Waals surface area contributed by atoms with Gasteiger partial charge in [-0.25, -0.2) is 8.42 Å². The molecule has 0 radical (unpaired) electrons. The molecule has 0 atom stereocenters. The van der Waals surface area contributed by atoms with E-state index in [-0.39, 0.29) is 16.3 Å². The minimum Gasteiger partial charge on any atom is -0.404 e. The van der Waals surface area contributed by atoms with E-state index in [4.69, 9.17) is 5.73 Å². The van der Waals surface area contributed by atoms with E-state index < -0.39 is 9.84 Å². The zero-order valence-corrected chi connectivity index (χ0v) is 13.5. The van der Waals surface area contributed by atoms with E-state index in [1.165, 1.54) is 18.2 Å². The Labute approximate surface area is 135 Å². The Hall–Kier alpha value is -2.66. The zero-order valence-electron chi connectivity index (χ0n) is 12.6. The number of ketones is 1. The van der Waals surface area contributed by atoms with E-state index in [0.717, 1.165) is 17.2 Å². The SMILES string of the molecule is Cc1ccc(C(=O)C(/C=C\S(=O)(=O)c2ccccc2)=C/N)cc1. The van der Waals surface area contributed by atoms with Gasteiger partial charge in [0, 0.05) is 22.7 Å². The minimum atomic E-state index is -3.62. The molecule has 0 aliphatic carbocycles. The van der Waals surface area contributed by atoms with Crippen LogP contribution in [0.5, 0.6) is 0 Å². The molecule has 2 rings (SSSR count). The van der Waals surface area contributed by atoms with Crippen molar-refractivity contribution >= 4 is 15.6 Å². The van der Waals surface area contributed by atoms with E-state index in [9.17, 15) is 13.2 Å². The molecule has 0 saturated heterocycles. The van der Waals surface area contributed by atoms with Crippen LogP contribution in [0.25, 0.3) is 0 Å². The second-order valence-corrected chi connectivity index (χ2v) is 6.81. The van der Waals surface area contributed by atoms with E-state index in [2.05, 4.69) is 0 Å². The lowest BCUT2D eigenvalue weighted by molar-refractivity contribution is 0.103. The summed E-state index contributed by atoms with van der Waals surface area (Å²) in [5.41, 5.74) is 7.08. The Kier molecular flexibility index (Phi) is 5.13. The van der Waals surface area contributed by atoms with Crippen LogP contribution in [-0.2, 0) is 9.84 Å². The summed E-state index contributed by atoms with van der Waals surface area (Å²) in [6.45, 7) is 1.92. The lowest BCUT2D eigenvalue weighted by Crippen LogP contribution is -2.05. The number of aryl methyl sites for hydroxylation is 1. The molecule has 0 aliphatic rings. The van der Waals surface area contributed by atoms with Crippen molar-refractivity contribution in [1.29, 1.82) is 0 Å². The van der Waals surface area contributed by atoms with Crippen LogP contribution < -0.4 is 5.73 Å². The van der Waals surface area contributed by atoms with Crippen molar-refractivity contribution in [2.45, 2.75) is 11.8 Å². The van der Waals surface area contributed by atoms with Gasteiger partial charge >= 0.3 is 0 Å². The van der Waals surface area contributed by atoms with Crippen LogP contribution >= 0.6 is 0 Å². The number of carbonyl (C=O) groups is 1. The maximum atomic E-state index is 12.3. The van der Waals surface area contributed by atoms with Gasteiger partial charge in [-0.3, -0.25) is 4.79 Å². The molecule has 0 unspecified atom stereocenters. The Morgan fingerprint density at radius 3 is 2.17 bits per heavy atom. The van der Waals surface area contributed by atoms with Gasteiger partial charge in [-0.05, 0) is 25.1 Å². The highest BCUT2D eigenvalue weighted by molar-refractivity contribution is 7.94. The summed E-state index contributed by atoms with van der Waals surface area (Å²) in [6, 6.07) is 15.0. The number of nitrogens with two attached hydrogens (primary N) is 1. The fraction of sp³-hybridized carbons (Fsp3) is 0.0556. The first-order valence-corrected chi connectivity index (χ1v) is 8.50. The molecule has 0 saturated carbocycles. The van der Waals surface area contributed by atoms with Gasteiger partial charge in [0.25, 0.3) is 0 Å². The molecular weight excluding hydrogens is 310 g/mol. The fourth-order valence-corrected chi connectivity index (χ4v) is 2.95. The third-order valence-electron chi connectivity index (χ3n) is 3.25. The van der Waals surface area contributed by atoms with Crippen LogP contribution in [0.3, 0.4) is 0 Å². The molecule has 0 heterocycles. The third-order valence-corrected chi connectivity index (χ3v) is 4.68. The molecule has 4 nitrogen and oxygen atoms in total. The van der Waals surface area contributed by atoms with Crippen molar-refractivity contribution in [3.05, 3.63) is 89.0 Å². The van der Waals surface area contributed by atoms with E-state index in [1.807, 2.05) is 19.1 Å². The van der Waals surface area contributed by atoms with Gasteiger partial charge < -0.3 is 5.73 Å². The summed E-state index contributed by atoms with van der Waals surface area (Å²) in [6.07, 6.45) is 2.34. The lowest BCUT2D eigenvalue weighted by Gasteiger charge is -2.03. The quantitative estimate of drug-likeness (QED) is 0.520. The molecule has 23 heavy (non-hydrogen) atoms. The summed E-state index contributed by atoms with van der Waals surface area (Å²) in [5.74, 6) is -0.327. The normalized spacial score (nSPS) is 12.5. The van der Waals surface area contributed by atoms with Crippen molar-refractivity contribution in [3.63, 3.8) is 0 Å². The molecule has 0 fully saturated rings. The van der Waals surface area contributed by atoms with Crippen LogP contribution in [-0.4, -0.2) is 14.2 Å². The number of Topliss-reactive ketones (excluding diaryl/α,β-unsaturated/α-hetero) is 1. The standard InChI is InChI=1S/C18H17NO3S/c1-14-7-9-15(10-8-14)18(20)16(13-19)11-12-23(21,22)17-5-3-2-4-6-17/h2-13H,19H2,1H3/b12-11-,16-13+. The van der Waals surface area contributed by atoms with E-state index in [0.29, 0.717) is 5.56 Å². The van der Waals surface area contributed by atoms with Crippen molar-refractivity contribution < 1.29 is 13.2 Å². The zero-order chi connectivity index (χ0) is 16.9. The van der Waals surface area contributed by atoms with Gasteiger partial charge in [0.15, 0.2) is 15.6 Å². The molecule has 2 aromatic rings. The molecule has 0 amide bonds.